The van der Waals surface area contributed by atoms with Gasteiger partial charge in [-0.1, -0.05) is 26.7 Å². The zero-order valence-corrected chi connectivity index (χ0v) is 11.3. The summed E-state index contributed by atoms with van der Waals surface area (Å²) in [7, 11) is 0. The van der Waals surface area contributed by atoms with Gasteiger partial charge in [0.2, 0.25) is 0 Å². The standard InChI is InChI=1S/C14H20F3NO/c1-3-5-11(6-4-2)18-12-7-9-13(10-8-12)19-14(15,16)17/h7-11,18H,3-6H2,1-2H3. The van der Waals surface area contributed by atoms with Gasteiger partial charge in [0.05, 0.1) is 0 Å². The summed E-state index contributed by atoms with van der Waals surface area (Å²) in [6.45, 7) is 4.23. The summed E-state index contributed by atoms with van der Waals surface area (Å²) >= 11 is 0. The monoisotopic (exact) mass is 275 g/mol. The lowest BCUT2D eigenvalue weighted by molar-refractivity contribution is -0.274. The van der Waals surface area contributed by atoms with Crippen molar-refractivity contribution in [3.63, 3.8) is 0 Å². The average Bonchev–Trinajstić information content (AvgIpc) is 2.30. The van der Waals surface area contributed by atoms with Gasteiger partial charge >= 0.3 is 6.36 Å². The highest BCUT2D eigenvalue weighted by Gasteiger charge is 2.30. The third kappa shape index (κ3) is 6.36. The Morgan fingerprint density at radius 3 is 2.00 bits per heavy atom. The van der Waals surface area contributed by atoms with E-state index in [1.807, 2.05) is 0 Å². The number of alkyl halides is 3. The lowest BCUT2D eigenvalue weighted by Crippen LogP contribution is -2.19. The van der Waals surface area contributed by atoms with Gasteiger partial charge in [0.15, 0.2) is 0 Å². The van der Waals surface area contributed by atoms with Gasteiger partial charge in [0, 0.05) is 11.7 Å². The molecule has 0 radical (unpaired) electrons. The van der Waals surface area contributed by atoms with Crippen molar-refractivity contribution >= 4 is 5.69 Å². The summed E-state index contributed by atoms with van der Waals surface area (Å²) in [6.07, 6.45) is -0.384. The first-order valence-corrected chi connectivity index (χ1v) is 6.57. The molecule has 0 atom stereocenters. The minimum absolute atomic E-state index is 0.194. The number of benzene rings is 1. The highest BCUT2D eigenvalue weighted by atomic mass is 19.4. The molecule has 2 nitrogen and oxygen atoms in total. The molecule has 0 saturated heterocycles. The first-order chi connectivity index (χ1) is 8.94. The maximum Gasteiger partial charge on any atom is 0.573 e. The fourth-order valence-corrected chi connectivity index (χ4v) is 1.97. The first-order valence-electron chi connectivity index (χ1n) is 6.57. The van der Waals surface area contributed by atoms with Crippen molar-refractivity contribution in [1.29, 1.82) is 0 Å². The predicted octanol–water partition coefficient (Wildman–Crippen LogP) is 4.97. The number of ether oxygens (including phenoxy) is 1. The smallest absolute Gasteiger partial charge is 0.406 e. The van der Waals surface area contributed by atoms with Crippen molar-refractivity contribution in [2.75, 3.05) is 5.32 Å². The van der Waals surface area contributed by atoms with Crippen LogP contribution in [0, 0.1) is 0 Å². The Labute approximate surface area is 112 Å². The molecule has 19 heavy (non-hydrogen) atoms. The zero-order chi connectivity index (χ0) is 14.3. The molecule has 0 fully saturated rings. The number of nitrogens with one attached hydrogen (secondary N) is 1. The lowest BCUT2D eigenvalue weighted by Gasteiger charge is -2.19. The van der Waals surface area contributed by atoms with Gasteiger partial charge in [0.25, 0.3) is 0 Å². The summed E-state index contributed by atoms with van der Waals surface area (Å²) in [5.41, 5.74) is 0.821. The molecular weight excluding hydrogens is 255 g/mol. The molecule has 0 aliphatic carbocycles. The van der Waals surface area contributed by atoms with E-state index in [-0.39, 0.29) is 5.75 Å². The molecular formula is C14H20F3NO. The van der Waals surface area contributed by atoms with E-state index in [9.17, 15) is 13.2 Å². The molecule has 0 unspecified atom stereocenters. The van der Waals surface area contributed by atoms with E-state index in [4.69, 9.17) is 0 Å². The molecule has 0 aliphatic rings. The quantitative estimate of drug-likeness (QED) is 0.759. The third-order valence-corrected chi connectivity index (χ3v) is 2.73. The summed E-state index contributed by atoms with van der Waals surface area (Å²) in [5.74, 6) is -0.194. The normalized spacial score (nSPS) is 11.7. The Kier molecular flexibility index (Phi) is 5.99. The summed E-state index contributed by atoms with van der Waals surface area (Å²) in [6, 6.07) is 6.23. The second kappa shape index (κ2) is 7.26. The summed E-state index contributed by atoms with van der Waals surface area (Å²) < 4.78 is 39.9. The second-order valence-corrected chi connectivity index (χ2v) is 4.49. The Morgan fingerprint density at radius 2 is 1.58 bits per heavy atom. The van der Waals surface area contributed by atoms with E-state index in [0.29, 0.717) is 6.04 Å². The molecule has 1 N–H and O–H groups in total. The van der Waals surface area contributed by atoms with Crippen LogP contribution in [-0.4, -0.2) is 12.4 Å². The molecule has 5 heteroatoms. The minimum atomic E-state index is -4.64. The maximum atomic E-state index is 12.0. The Balaban J connectivity index is 2.60. The van der Waals surface area contributed by atoms with Crippen LogP contribution in [0.25, 0.3) is 0 Å². The summed E-state index contributed by atoms with van der Waals surface area (Å²) in [4.78, 5) is 0. The van der Waals surface area contributed by atoms with E-state index in [1.54, 1.807) is 12.1 Å². The van der Waals surface area contributed by atoms with Crippen LogP contribution in [0.1, 0.15) is 39.5 Å². The largest absolute Gasteiger partial charge is 0.573 e. The Morgan fingerprint density at radius 1 is 1.05 bits per heavy atom. The number of rotatable bonds is 7. The molecule has 0 amide bonds. The van der Waals surface area contributed by atoms with Crippen LogP contribution in [0.2, 0.25) is 0 Å². The van der Waals surface area contributed by atoms with Crippen molar-refractivity contribution in [1.82, 2.24) is 0 Å². The molecule has 0 bridgehead atoms. The van der Waals surface area contributed by atoms with Gasteiger partial charge in [-0.2, -0.15) is 0 Å². The van der Waals surface area contributed by atoms with Crippen molar-refractivity contribution in [3.8, 4) is 5.75 Å². The first kappa shape index (κ1) is 15.7. The molecule has 0 spiro atoms. The Bertz CT molecular complexity index is 356. The van der Waals surface area contributed by atoms with Crippen molar-refractivity contribution in [3.05, 3.63) is 24.3 Å². The van der Waals surface area contributed by atoms with Gasteiger partial charge in [0.1, 0.15) is 5.75 Å². The highest BCUT2D eigenvalue weighted by molar-refractivity contribution is 5.47. The molecule has 0 heterocycles. The highest BCUT2D eigenvalue weighted by Crippen LogP contribution is 2.24. The minimum Gasteiger partial charge on any atom is -0.406 e. The fourth-order valence-electron chi connectivity index (χ4n) is 1.97. The van der Waals surface area contributed by atoms with Gasteiger partial charge in [-0.25, -0.2) is 0 Å². The van der Waals surface area contributed by atoms with Crippen molar-refractivity contribution in [2.24, 2.45) is 0 Å². The molecule has 108 valence electrons. The fraction of sp³-hybridized carbons (Fsp3) is 0.571. The number of hydrogen-bond acceptors (Lipinski definition) is 2. The van der Waals surface area contributed by atoms with Crippen LogP contribution in [0.4, 0.5) is 18.9 Å². The maximum absolute atomic E-state index is 12.0. The van der Waals surface area contributed by atoms with E-state index >= 15 is 0 Å². The SMILES string of the molecule is CCCC(CCC)Nc1ccc(OC(F)(F)F)cc1. The number of anilines is 1. The predicted molar refractivity (Wildman–Crippen MR) is 70.4 cm³/mol. The van der Waals surface area contributed by atoms with Crippen molar-refractivity contribution in [2.45, 2.75) is 51.9 Å². The van der Waals surface area contributed by atoms with Gasteiger partial charge in [-0.05, 0) is 37.1 Å². The van der Waals surface area contributed by atoms with E-state index < -0.39 is 6.36 Å². The second-order valence-electron chi connectivity index (χ2n) is 4.49. The Hall–Kier alpha value is -1.39. The van der Waals surface area contributed by atoms with Crippen LogP contribution >= 0.6 is 0 Å². The number of hydrogen-bond donors (Lipinski definition) is 1. The summed E-state index contributed by atoms with van der Waals surface area (Å²) in [5, 5.41) is 3.33. The molecule has 0 aromatic heterocycles. The van der Waals surface area contributed by atoms with E-state index in [2.05, 4.69) is 23.9 Å². The third-order valence-electron chi connectivity index (χ3n) is 2.73. The molecule has 1 aromatic rings. The molecule has 1 aromatic carbocycles. The molecule has 0 saturated carbocycles. The van der Waals surface area contributed by atoms with Crippen LogP contribution in [-0.2, 0) is 0 Å². The van der Waals surface area contributed by atoms with E-state index in [1.165, 1.54) is 12.1 Å². The van der Waals surface area contributed by atoms with Crippen LogP contribution in [0.5, 0.6) is 5.75 Å². The molecule has 0 aliphatic heterocycles. The van der Waals surface area contributed by atoms with Crippen LogP contribution in [0.3, 0.4) is 0 Å². The van der Waals surface area contributed by atoms with Gasteiger partial charge in [-0.15, -0.1) is 13.2 Å². The van der Waals surface area contributed by atoms with E-state index in [0.717, 1.165) is 31.4 Å². The lowest BCUT2D eigenvalue weighted by atomic mass is 10.1. The topological polar surface area (TPSA) is 21.3 Å². The molecule has 1 rings (SSSR count). The van der Waals surface area contributed by atoms with Crippen molar-refractivity contribution < 1.29 is 17.9 Å². The average molecular weight is 275 g/mol. The van der Waals surface area contributed by atoms with Gasteiger partial charge < -0.3 is 10.1 Å². The van der Waals surface area contributed by atoms with Gasteiger partial charge in [-0.3, -0.25) is 0 Å². The number of halogens is 3. The van der Waals surface area contributed by atoms with Crippen LogP contribution in [0.15, 0.2) is 24.3 Å². The van der Waals surface area contributed by atoms with Crippen LogP contribution < -0.4 is 10.1 Å². The zero-order valence-electron chi connectivity index (χ0n) is 11.3.